The Labute approximate surface area is 91.5 Å². The van der Waals surface area contributed by atoms with Crippen molar-refractivity contribution in [2.24, 2.45) is 29.1 Å². The second-order valence-corrected chi connectivity index (χ2v) is 6.81. The van der Waals surface area contributed by atoms with E-state index in [1.165, 1.54) is 6.42 Å². The van der Waals surface area contributed by atoms with Crippen LogP contribution in [0, 0.1) is 29.1 Å². The summed E-state index contributed by atoms with van der Waals surface area (Å²) in [5.74, 6) is 3.34. The second kappa shape index (κ2) is 5.19. The Morgan fingerprint density at radius 2 is 1.14 bits per heavy atom. The number of rotatable bonds is 4. The van der Waals surface area contributed by atoms with Gasteiger partial charge in [0.2, 0.25) is 0 Å². The predicted molar refractivity (Wildman–Crippen MR) is 66.4 cm³/mol. The lowest BCUT2D eigenvalue weighted by Crippen LogP contribution is -2.26. The molecule has 0 amide bonds. The molecule has 0 saturated heterocycles. The molecule has 1 unspecified atom stereocenters. The van der Waals surface area contributed by atoms with Gasteiger partial charge in [0.25, 0.3) is 0 Å². The second-order valence-electron chi connectivity index (χ2n) is 6.81. The maximum Gasteiger partial charge on any atom is -0.0342 e. The van der Waals surface area contributed by atoms with Gasteiger partial charge in [-0.05, 0) is 35.5 Å². The molecular formula is C14H30. The lowest BCUT2D eigenvalue weighted by molar-refractivity contribution is 0.151. The van der Waals surface area contributed by atoms with Crippen LogP contribution in [0.3, 0.4) is 0 Å². The molecule has 0 heterocycles. The molecule has 0 heteroatoms. The van der Waals surface area contributed by atoms with Crippen LogP contribution < -0.4 is 0 Å². The SMILES string of the molecule is CC(C)C(C(C)C)C(C)CC(C)(C)C. The van der Waals surface area contributed by atoms with Crippen molar-refractivity contribution >= 4 is 0 Å². The van der Waals surface area contributed by atoms with E-state index in [9.17, 15) is 0 Å². The largest absolute Gasteiger partial charge is 0.0625 e. The molecule has 0 aromatic rings. The summed E-state index contributed by atoms with van der Waals surface area (Å²) in [5, 5.41) is 0. The Balaban J connectivity index is 4.38. The summed E-state index contributed by atoms with van der Waals surface area (Å²) in [5.41, 5.74) is 0.474. The monoisotopic (exact) mass is 198 g/mol. The van der Waals surface area contributed by atoms with E-state index in [-0.39, 0.29) is 0 Å². The Morgan fingerprint density at radius 1 is 0.786 bits per heavy atom. The van der Waals surface area contributed by atoms with Crippen molar-refractivity contribution in [1.29, 1.82) is 0 Å². The molecule has 14 heavy (non-hydrogen) atoms. The van der Waals surface area contributed by atoms with E-state index in [1.807, 2.05) is 0 Å². The minimum atomic E-state index is 0.474. The van der Waals surface area contributed by atoms with Crippen LogP contribution in [-0.2, 0) is 0 Å². The third kappa shape index (κ3) is 5.02. The van der Waals surface area contributed by atoms with Gasteiger partial charge in [-0.3, -0.25) is 0 Å². The molecule has 86 valence electrons. The molecule has 0 nitrogen and oxygen atoms in total. The summed E-state index contributed by atoms with van der Waals surface area (Å²) in [4.78, 5) is 0. The van der Waals surface area contributed by atoms with Crippen LogP contribution in [0.25, 0.3) is 0 Å². The summed E-state index contributed by atoms with van der Waals surface area (Å²) in [7, 11) is 0. The molecule has 0 saturated carbocycles. The molecule has 0 fully saturated rings. The van der Waals surface area contributed by atoms with Gasteiger partial charge in [0.1, 0.15) is 0 Å². The fraction of sp³-hybridized carbons (Fsp3) is 1.00. The van der Waals surface area contributed by atoms with Crippen molar-refractivity contribution < 1.29 is 0 Å². The van der Waals surface area contributed by atoms with Gasteiger partial charge in [0, 0.05) is 0 Å². The highest BCUT2D eigenvalue weighted by Gasteiger charge is 2.27. The quantitative estimate of drug-likeness (QED) is 0.597. The fourth-order valence-electron chi connectivity index (χ4n) is 3.19. The van der Waals surface area contributed by atoms with Crippen LogP contribution in [0.2, 0.25) is 0 Å². The van der Waals surface area contributed by atoms with Crippen molar-refractivity contribution in [3.8, 4) is 0 Å². The molecule has 0 aliphatic rings. The Hall–Kier alpha value is 0. The Bertz CT molecular complexity index is 140. The standard InChI is InChI=1S/C14H30/c1-10(2)13(11(3)4)12(5)9-14(6,7)8/h10-13H,9H2,1-8H3. The Kier molecular flexibility index (Phi) is 5.19. The average molecular weight is 198 g/mol. The number of hydrogen-bond acceptors (Lipinski definition) is 0. The molecule has 0 aromatic heterocycles. The van der Waals surface area contributed by atoms with Gasteiger partial charge in [-0.25, -0.2) is 0 Å². The van der Waals surface area contributed by atoms with Crippen LogP contribution in [0.5, 0.6) is 0 Å². The summed E-state index contributed by atoms with van der Waals surface area (Å²) in [6.07, 6.45) is 1.34. The van der Waals surface area contributed by atoms with E-state index in [1.54, 1.807) is 0 Å². The average Bonchev–Trinajstić information content (AvgIpc) is 1.78. The summed E-state index contributed by atoms with van der Waals surface area (Å²) < 4.78 is 0. The zero-order chi connectivity index (χ0) is 11.5. The van der Waals surface area contributed by atoms with Crippen molar-refractivity contribution in [3.05, 3.63) is 0 Å². The lowest BCUT2D eigenvalue weighted by Gasteiger charge is -2.34. The van der Waals surface area contributed by atoms with Crippen molar-refractivity contribution in [2.75, 3.05) is 0 Å². The topological polar surface area (TPSA) is 0 Å². The van der Waals surface area contributed by atoms with Crippen LogP contribution >= 0.6 is 0 Å². The van der Waals surface area contributed by atoms with Crippen LogP contribution in [0.15, 0.2) is 0 Å². The predicted octanol–water partition coefficient (Wildman–Crippen LogP) is 4.99. The Morgan fingerprint density at radius 3 is 1.36 bits per heavy atom. The zero-order valence-corrected chi connectivity index (χ0v) is 11.5. The fourth-order valence-corrected chi connectivity index (χ4v) is 3.19. The first kappa shape index (κ1) is 14.0. The van der Waals surface area contributed by atoms with Crippen molar-refractivity contribution in [3.63, 3.8) is 0 Å². The zero-order valence-electron chi connectivity index (χ0n) is 11.5. The van der Waals surface area contributed by atoms with Crippen molar-refractivity contribution in [2.45, 2.75) is 61.8 Å². The van der Waals surface area contributed by atoms with E-state index >= 15 is 0 Å². The smallest absolute Gasteiger partial charge is 0.0342 e. The lowest BCUT2D eigenvalue weighted by atomic mass is 9.71. The first-order chi connectivity index (χ1) is 6.15. The summed E-state index contributed by atoms with van der Waals surface area (Å²) >= 11 is 0. The molecule has 0 aliphatic carbocycles. The van der Waals surface area contributed by atoms with E-state index in [0.29, 0.717) is 5.41 Å². The normalized spacial score (nSPS) is 15.6. The van der Waals surface area contributed by atoms with Crippen LogP contribution in [0.4, 0.5) is 0 Å². The third-order valence-corrected chi connectivity index (χ3v) is 3.13. The van der Waals surface area contributed by atoms with E-state index in [2.05, 4.69) is 55.4 Å². The molecular weight excluding hydrogens is 168 g/mol. The van der Waals surface area contributed by atoms with Gasteiger partial charge < -0.3 is 0 Å². The van der Waals surface area contributed by atoms with Gasteiger partial charge in [-0.2, -0.15) is 0 Å². The molecule has 0 aliphatic heterocycles. The molecule has 0 N–H and O–H groups in total. The van der Waals surface area contributed by atoms with Crippen molar-refractivity contribution in [1.82, 2.24) is 0 Å². The highest BCUT2D eigenvalue weighted by atomic mass is 14.3. The molecule has 0 bridgehead atoms. The maximum atomic E-state index is 2.43. The highest BCUT2D eigenvalue weighted by molar-refractivity contribution is 4.76. The van der Waals surface area contributed by atoms with Crippen LogP contribution in [-0.4, -0.2) is 0 Å². The highest BCUT2D eigenvalue weighted by Crippen LogP contribution is 2.35. The number of hydrogen-bond donors (Lipinski definition) is 0. The van der Waals surface area contributed by atoms with E-state index in [4.69, 9.17) is 0 Å². The van der Waals surface area contributed by atoms with E-state index in [0.717, 1.165) is 23.7 Å². The van der Waals surface area contributed by atoms with Gasteiger partial charge in [0.05, 0.1) is 0 Å². The molecule has 1 atom stereocenters. The van der Waals surface area contributed by atoms with Gasteiger partial charge in [0.15, 0.2) is 0 Å². The molecule has 0 radical (unpaired) electrons. The third-order valence-electron chi connectivity index (χ3n) is 3.13. The summed E-state index contributed by atoms with van der Waals surface area (Å²) in [6.45, 7) is 18.9. The maximum absolute atomic E-state index is 2.43. The van der Waals surface area contributed by atoms with Gasteiger partial charge in [-0.1, -0.05) is 55.4 Å². The van der Waals surface area contributed by atoms with E-state index < -0.39 is 0 Å². The summed E-state index contributed by atoms with van der Waals surface area (Å²) in [6, 6.07) is 0. The molecule has 0 aromatic carbocycles. The minimum Gasteiger partial charge on any atom is -0.0625 e. The molecule has 0 rings (SSSR count). The first-order valence-corrected chi connectivity index (χ1v) is 6.15. The van der Waals surface area contributed by atoms with Gasteiger partial charge in [-0.15, -0.1) is 0 Å². The van der Waals surface area contributed by atoms with Gasteiger partial charge >= 0.3 is 0 Å². The molecule has 0 spiro atoms. The van der Waals surface area contributed by atoms with Crippen LogP contribution in [0.1, 0.15) is 61.8 Å². The first-order valence-electron chi connectivity index (χ1n) is 6.15. The minimum absolute atomic E-state index is 0.474.